The van der Waals surface area contributed by atoms with Crippen LogP contribution in [-0.4, -0.2) is 14.8 Å². The molecule has 0 aliphatic carbocycles. The zero-order chi connectivity index (χ0) is 10.8. The lowest BCUT2D eigenvalue weighted by atomic mass is 10.2. The van der Waals surface area contributed by atoms with Crippen molar-refractivity contribution in [1.29, 1.82) is 0 Å². The Kier molecular flexibility index (Phi) is 2.73. The second kappa shape index (κ2) is 4.02. The molecule has 0 aliphatic rings. The summed E-state index contributed by atoms with van der Waals surface area (Å²) in [7, 11) is 0. The van der Waals surface area contributed by atoms with E-state index in [2.05, 4.69) is 23.9 Å². The van der Waals surface area contributed by atoms with Gasteiger partial charge < -0.3 is 5.73 Å². The zero-order valence-electron chi connectivity index (χ0n) is 8.90. The van der Waals surface area contributed by atoms with Gasteiger partial charge in [-0.15, -0.1) is 11.3 Å². The molecule has 0 unspecified atom stereocenters. The minimum atomic E-state index is 0.815. The first kappa shape index (κ1) is 10.2. The van der Waals surface area contributed by atoms with Crippen LogP contribution in [-0.2, 0) is 12.8 Å². The van der Waals surface area contributed by atoms with Gasteiger partial charge in [0.05, 0.1) is 17.1 Å². The van der Waals surface area contributed by atoms with E-state index < -0.39 is 0 Å². The van der Waals surface area contributed by atoms with Crippen molar-refractivity contribution in [3.8, 4) is 5.13 Å². The monoisotopic (exact) mass is 222 g/mol. The second-order valence-electron chi connectivity index (χ2n) is 3.24. The average Bonchev–Trinajstić information content (AvgIpc) is 2.84. The van der Waals surface area contributed by atoms with Gasteiger partial charge in [-0.3, -0.25) is 0 Å². The molecule has 0 saturated carbocycles. The largest absolute Gasteiger partial charge is 0.396 e. The molecule has 2 heterocycles. The number of aryl methyl sites for hydroxylation is 1. The predicted octanol–water partition coefficient (Wildman–Crippen LogP) is 2.04. The maximum atomic E-state index is 6.02. The number of nitrogen functional groups attached to an aromatic ring is 1. The summed E-state index contributed by atoms with van der Waals surface area (Å²) in [5.41, 5.74) is 8.86. The topological polar surface area (TPSA) is 56.7 Å². The summed E-state index contributed by atoms with van der Waals surface area (Å²) in [5, 5.41) is 7.31. The summed E-state index contributed by atoms with van der Waals surface area (Å²) in [6.45, 7) is 4.14. The van der Waals surface area contributed by atoms with Crippen molar-refractivity contribution in [1.82, 2.24) is 14.8 Å². The highest BCUT2D eigenvalue weighted by atomic mass is 32.1. The third-order valence-corrected chi connectivity index (χ3v) is 3.12. The van der Waals surface area contributed by atoms with E-state index in [1.807, 2.05) is 10.1 Å². The Morgan fingerprint density at radius 2 is 2.20 bits per heavy atom. The van der Waals surface area contributed by atoms with Crippen molar-refractivity contribution in [3.63, 3.8) is 0 Å². The van der Waals surface area contributed by atoms with Gasteiger partial charge in [-0.05, 0) is 12.8 Å². The summed E-state index contributed by atoms with van der Waals surface area (Å²) in [5.74, 6) is 0. The van der Waals surface area contributed by atoms with Crippen molar-refractivity contribution in [3.05, 3.63) is 23.0 Å². The van der Waals surface area contributed by atoms with Crippen molar-refractivity contribution in [2.24, 2.45) is 0 Å². The summed E-state index contributed by atoms with van der Waals surface area (Å²) >= 11 is 1.57. The number of nitrogens with two attached hydrogens (primary N) is 1. The third-order valence-electron chi connectivity index (χ3n) is 2.37. The van der Waals surface area contributed by atoms with Crippen molar-refractivity contribution < 1.29 is 0 Å². The molecule has 0 radical (unpaired) electrons. The van der Waals surface area contributed by atoms with Gasteiger partial charge in [-0.1, -0.05) is 13.8 Å². The molecule has 0 aromatic carbocycles. The van der Waals surface area contributed by atoms with Crippen LogP contribution in [0.5, 0.6) is 0 Å². The lowest BCUT2D eigenvalue weighted by Gasteiger charge is -2.00. The molecule has 0 atom stereocenters. The number of hydrogen-bond donors (Lipinski definition) is 1. The van der Waals surface area contributed by atoms with Crippen molar-refractivity contribution in [2.75, 3.05) is 5.73 Å². The van der Waals surface area contributed by atoms with E-state index >= 15 is 0 Å². The molecular weight excluding hydrogens is 208 g/mol. The van der Waals surface area contributed by atoms with Crippen LogP contribution in [0.25, 0.3) is 5.13 Å². The van der Waals surface area contributed by atoms with Crippen molar-refractivity contribution in [2.45, 2.75) is 26.7 Å². The molecule has 2 rings (SSSR count). The van der Waals surface area contributed by atoms with Gasteiger partial charge >= 0.3 is 0 Å². The summed E-state index contributed by atoms with van der Waals surface area (Å²) < 4.78 is 1.86. The molecule has 4 nitrogen and oxygen atoms in total. The second-order valence-corrected chi connectivity index (χ2v) is 4.11. The van der Waals surface area contributed by atoms with Gasteiger partial charge in [0.1, 0.15) is 0 Å². The van der Waals surface area contributed by atoms with Crippen LogP contribution in [0, 0.1) is 0 Å². The number of hydrogen-bond acceptors (Lipinski definition) is 4. The lowest BCUT2D eigenvalue weighted by Crippen LogP contribution is -2.01. The van der Waals surface area contributed by atoms with Crippen LogP contribution in [0.4, 0.5) is 5.69 Å². The first-order valence-electron chi connectivity index (χ1n) is 5.04. The fourth-order valence-electron chi connectivity index (χ4n) is 1.60. The highest BCUT2D eigenvalue weighted by Crippen LogP contribution is 2.22. The van der Waals surface area contributed by atoms with E-state index in [1.165, 1.54) is 0 Å². The summed E-state index contributed by atoms with van der Waals surface area (Å²) in [6, 6.07) is 0. The van der Waals surface area contributed by atoms with Crippen LogP contribution in [0.1, 0.15) is 25.2 Å². The van der Waals surface area contributed by atoms with E-state index in [0.717, 1.165) is 35.0 Å². The average molecular weight is 222 g/mol. The maximum Gasteiger partial charge on any atom is 0.210 e. The van der Waals surface area contributed by atoms with Gasteiger partial charge in [0.25, 0.3) is 0 Å². The lowest BCUT2D eigenvalue weighted by molar-refractivity contribution is 0.788. The quantitative estimate of drug-likeness (QED) is 0.864. The Labute approximate surface area is 92.8 Å². The molecule has 0 fully saturated rings. The van der Waals surface area contributed by atoms with Gasteiger partial charge in [0.15, 0.2) is 0 Å². The first-order chi connectivity index (χ1) is 7.27. The molecule has 0 amide bonds. The molecule has 15 heavy (non-hydrogen) atoms. The predicted molar refractivity (Wildman–Crippen MR) is 62.4 cm³/mol. The van der Waals surface area contributed by atoms with Crippen molar-refractivity contribution >= 4 is 17.0 Å². The van der Waals surface area contributed by atoms with Crippen LogP contribution < -0.4 is 5.73 Å². The standard InChI is InChI=1S/C10H14N4S/c1-3-7-9(11)8(4-2)14(13-7)10-12-5-6-15-10/h5-6H,3-4,11H2,1-2H3. The Morgan fingerprint density at radius 3 is 2.73 bits per heavy atom. The molecule has 5 heteroatoms. The van der Waals surface area contributed by atoms with Gasteiger partial charge in [0.2, 0.25) is 5.13 Å². The maximum absolute atomic E-state index is 6.02. The fourth-order valence-corrected chi connectivity index (χ4v) is 2.21. The normalized spacial score (nSPS) is 10.8. The molecular formula is C10H14N4S. The zero-order valence-corrected chi connectivity index (χ0v) is 9.71. The SMILES string of the molecule is CCc1nn(-c2nccs2)c(CC)c1N. The highest BCUT2D eigenvalue weighted by molar-refractivity contribution is 7.12. The molecule has 0 saturated heterocycles. The van der Waals surface area contributed by atoms with E-state index in [9.17, 15) is 0 Å². The number of nitrogens with zero attached hydrogens (tertiary/aromatic N) is 3. The molecule has 0 spiro atoms. The van der Waals surface area contributed by atoms with E-state index in [1.54, 1.807) is 17.5 Å². The van der Waals surface area contributed by atoms with Gasteiger partial charge in [0, 0.05) is 11.6 Å². The van der Waals surface area contributed by atoms with E-state index in [-0.39, 0.29) is 0 Å². The number of thiazole rings is 1. The van der Waals surface area contributed by atoms with Crippen LogP contribution >= 0.6 is 11.3 Å². The Balaban J connectivity index is 2.56. The summed E-state index contributed by atoms with van der Waals surface area (Å²) in [4.78, 5) is 4.25. The fraction of sp³-hybridized carbons (Fsp3) is 0.400. The Hall–Kier alpha value is -1.36. The molecule has 0 bridgehead atoms. The first-order valence-corrected chi connectivity index (χ1v) is 5.92. The van der Waals surface area contributed by atoms with E-state index in [0.29, 0.717) is 0 Å². The van der Waals surface area contributed by atoms with Crippen LogP contribution in [0.3, 0.4) is 0 Å². The highest BCUT2D eigenvalue weighted by Gasteiger charge is 2.14. The molecule has 2 aromatic rings. The molecule has 2 N–H and O–H groups in total. The third kappa shape index (κ3) is 1.63. The van der Waals surface area contributed by atoms with Crippen LogP contribution in [0.15, 0.2) is 11.6 Å². The van der Waals surface area contributed by atoms with Gasteiger partial charge in [-0.2, -0.15) is 5.10 Å². The number of anilines is 1. The molecule has 0 aliphatic heterocycles. The minimum absolute atomic E-state index is 0.815. The Morgan fingerprint density at radius 1 is 1.40 bits per heavy atom. The number of aromatic nitrogens is 3. The Bertz CT molecular complexity index is 444. The molecule has 2 aromatic heterocycles. The van der Waals surface area contributed by atoms with Crippen LogP contribution in [0.2, 0.25) is 0 Å². The number of rotatable bonds is 3. The smallest absolute Gasteiger partial charge is 0.210 e. The van der Waals surface area contributed by atoms with Gasteiger partial charge in [-0.25, -0.2) is 9.67 Å². The van der Waals surface area contributed by atoms with E-state index in [4.69, 9.17) is 5.73 Å². The molecule has 80 valence electrons. The summed E-state index contributed by atoms with van der Waals surface area (Å²) in [6.07, 6.45) is 3.51. The minimum Gasteiger partial charge on any atom is -0.396 e.